The number of benzene rings is 2. The van der Waals surface area contributed by atoms with E-state index in [9.17, 15) is 9.59 Å². The van der Waals surface area contributed by atoms with E-state index in [-0.39, 0.29) is 17.1 Å². The maximum absolute atomic E-state index is 12.8. The highest BCUT2D eigenvalue weighted by atomic mass is 32.2. The number of carbonyl (C=O) groups excluding carboxylic acids is 2. The molecule has 1 unspecified atom stereocenters. The lowest BCUT2D eigenvalue weighted by Gasteiger charge is -2.27. The number of morpholine rings is 1. The molecule has 0 aromatic heterocycles. The zero-order valence-corrected chi connectivity index (χ0v) is 15.1. The number of ether oxygens (including phenoxy) is 1. The molecular formula is C20H20N2O3S. The van der Waals surface area contributed by atoms with Crippen LogP contribution < -0.4 is 5.32 Å². The maximum Gasteiger partial charge on any atom is 0.256 e. The van der Waals surface area contributed by atoms with Crippen LogP contribution in [0.5, 0.6) is 0 Å². The van der Waals surface area contributed by atoms with Gasteiger partial charge in [0.25, 0.3) is 5.91 Å². The molecule has 2 aliphatic heterocycles. The SMILES string of the molecule is O=C(Nc1ccccc1C(=O)N1CCOCC1)C1Cc2ccccc2S1. The predicted octanol–water partition coefficient (Wildman–Crippen LogP) is 2.81. The molecule has 5 nitrogen and oxygen atoms in total. The number of rotatable bonds is 3. The van der Waals surface area contributed by atoms with Crippen molar-refractivity contribution in [2.75, 3.05) is 31.6 Å². The van der Waals surface area contributed by atoms with Gasteiger partial charge in [-0.1, -0.05) is 30.3 Å². The van der Waals surface area contributed by atoms with Gasteiger partial charge >= 0.3 is 0 Å². The fourth-order valence-electron chi connectivity index (χ4n) is 3.26. The van der Waals surface area contributed by atoms with Crippen LogP contribution in [0.25, 0.3) is 0 Å². The van der Waals surface area contributed by atoms with Crippen molar-refractivity contribution in [3.63, 3.8) is 0 Å². The van der Waals surface area contributed by atoms with E-state index in [0.717, 1.165) is 4.90 Å². The molecule has 0 bridgehead atoms. The van der Waals surface area contributed by atoms with E-state index in [1.807, 2.05) is 30.3 Å². The van der Waals surface area contributed by atoms with Crippen LogP contribution in [0.1, 0.15) is 15.9 Å². The lowest BCUT2D eigenvalue weighted by molar-refractivity contribution is -0.115. The Morgan fingerprint density at radius 1 is 1.04 bits per heavy atom. The first kappa shape index (κ1) is 17.1. The van der Waals surface area contributed by atoms with Gasteiger partial charge in [0.15, 0.2) is 0 Å². The van der Waals surface area contributed by atoms with E-state index >= 15 is 0 Å². The Balaban J connectivity index is 1.48. The Morgan fingerprint density at radius 2 is 1.77 bits per heavy atom. The summed E-state index contributed by atoms with van der Waals surface area (Å²) in [5, 5.41) is 2.80. The van der Waals surface area contributed by atoms with Crippen molar-refractivity contribution < 1.29 is 14.3 Å². The number of thioether (sulfide) groups is 1. The molecular weight excluding hydrogens is 348 g/mol. The summed E-state index contributed by atoms with van der Waals surface area (Å²) < 4.78 is 5.31. The van der Waals surface area contributed by atoms with Gasteiger partial charge in [-0.05, 0) is 30.2 Å². The van der Waals surface area contributed by atoms with Crippen LogP contribution in [-0.4, -0.2) is 48.3 Å². The van der Waals surface area contributed by atoms with E-state index in [0.29, 0.717) is 44.0 Å². The van der Waals surface area contributed by atoms with Crippen molar-refractivity contribution in [3.05, 3.63) is 59.7 Å². The summed E-state index contributed by atoms with van der Waals surface area (Å²) in [5.74, 6) is -0.125. The van der Waals surface area contributed by atoms with E-state index in [2.05, 4.69) is 11.4 Å². The molecule has 1 atom stereocenters. The minimum atomic E-state index is -0.168. The summed E-state index contributed by atoms with van der Waals surface area (Å²) in [5.41, 5.74) is 2.31. The maximum atomic E-state index is 12.8. The van der Waals surface area contributed by atoms with Crippen LogP contribution in [0.3, 0.4) is 0 Å². The van der Waals surface area contributed by atoms with E-state index in [1.54, 1.807) is 28.8 Å². The van der Waals surface area contributed by atoms with E-state index in [4.69, 9.17) is 4.74 Å². The zero-order chi connectivity index (χ0) is 17.9. The van der Waals surface area contributed by atoms with Gasteiger partial charge in [-0.3, -0.25) is 9.59 Å². The number of carbonyl (C=O) groups is 2. The van der Waals surface area contributed by atoms with Crippen molar-refractivity contribution in [1.82, 2.24) is 4.90 Å². The summed E-state index contributed by atoms with van der Waals surface area (Å²) in [6.45, 7) is 2.26. The van der Waals surface area contributed by atoms with Crippen molar-refractivity contribution in [2.24, 2.45) is 0 Å². The summed E-state index contributed by atoms with van der Waals surface area (Å²) in [7, 11) is 0. The third kappa shape index (κ3) is 3.48. The minimum Gasteiger partial charge on any atom is -0.378 e. The molecule has 4 rings (SSSR count). The third-order valence-corrected chi connectivity index (χ3v) is 5.97. The van der Waals surface area contributed by atoms with Crippen LogP contribution in [0.2, 0.25) is 0 Å². The Hall–Kier alpha value is -2.31. The minimum absolute atomic E-state index is 0.0616. The molecule has 134 valence electrons. The molecule has 2 aromatic rings. The molecule has 0 saturated carbocycles. The molecule has 1 fully saturated rings. The molecule has 2 heterocycles. The van der Waals surface area contributed by atoms with Crippen LogP contribution in [0, 0.1) is 0 Å². The summed E-state index contributed by atoms with van der Waals surface area (Å²) in [6.07, 6.45) is 0.715. The molecule has 2 aliphatic rings. The van der Waals surface area contributed by atoms with Crippen molar-refractivity contribution in [2.45, 2.75) is 16.6 Å². The molecule has 6 heteroatoms. The van der Waals surface area contributed by atoms with Gasteiger partial charge < -0.3 is 15.0 Å². The normalized spacial score (nSPS) is 19.1. The van der Waals surface area contributed by atoms with Crippen LogP contribution >= 0.6 is 11.8 Å². The molecule has 1 saturated heterocycles. The van der Waals surface area contributed by atoms with E-state index in [1.165, 1.54) is 5.56 Å². The molecule has 1 N–H and O–H groups in total. The number of fused-ring (bicyclic) bond motifs is 1. The topological polar surface area (TPSA) is 58.6 Å². The first-order valence-corrected chi connectivity index (χ1v) is 9.62. The Bertz CT molecular complexity index is 808. The monoisotopic (exact) mass is 368 g/mol. The molecule has 0 radical (unpaired) electrons. The molecule has 2 aromatic carbocycles. The van der Waals surface area contributed by atoms with Gasteiger partial charge in [0.05, 0.1) is 29.7 Å². The first-order valence-electron chi connectivity index (χ1n) is 8.74. The van der Waals surface area contributed by atoms with Gasteiger partial charge in [0, 0.05) is 18.0 Å². The summed E-state index contributed by atoms with van der Waals surface area (Å²) in [6, 6.07) is 15.3. The number of anilines is 1. The number of nitrogens with one attached hydrogen (secondary N) is 1. The average molecular weight is 368 g/mol. The molecule has 0 spiro atoms. The van der Waals surface area contributed by atoms with Gasteiger partial charge in [-0.2, -0.15) is 0 Å². The summed E-state index contributed by atoms with van der Waals surface area (Å²) in [4.78, 5) is 28.5. The second-order valence-corrected chi connectivity index (χ2v) is 7.60. The standard InChI is InChI=1S/C20H20N2O3S/c23-19(18-13-14-5-1-4-8-17(14)26-18)21-16-7-3-2-6-15(16)20(24)22-9-11-25-12-10-22/h1-8,18H,9-13H2,(H,21,23). The lowest BCUT2D eigenvalue weighted by Crippen LogP contribution is -2.41. The number of hydrogen-bond donors (Lipinski definition) is 1. The molecule has 0 aliphatic carbocycles. The fourth-order valence-corrected chi connectivity index (χ4v) is 4.45. The van der Waals surface area contributed by atoms with E-state index < -0.39 is 0 Å². The largest absolute Gasteiger partial charge is 0.378 e. The molecule has 26 heavy (non-hydrogen) atoms. The average Bonchev–Trinajstić information content (AvgIpc) is 3.13. The Labute approximate surface area is 156 Å². The highest BCUT2D eigenvalue weighted by molar-refractivity contribution is 8.01. The Kier molecular flexibility index (Phi) is 4.95. The van der Waals surface area contributed by atoms with Gasteiger partial charge in [0.2, 0.25) is 5.91 Å². The van der Waals surface area contributed by atoms with Crippen molar-refractivity contribution in [3.8, 4) is 0 Å². The highest BCUT2D eigenvalue weighted by Gasteiger charge is 2.29. The van der Waals surface area contributed by atoms with Gasteiger partial charge in [0.1, 0.15) is 0 Å². The van der Waals surface area contributed by atoms with Gasteiger partial charge in [-0.15, -0.1) is 11.8 Å². The number of hydrogen-bond acceptors (Lipinski definition) is 4. The van der Waals surface area contributed by atoms with Crippen molar-refractivity contribution in [1.29, 1.82) is 0 Å². The zero-order valence-electron chi connectivity index (χ0n) is 14.3. The van der Waals surface area contributed by atoms with Crippen LogP contribution in [0.15, 0.2) is 53.4 Å². The van der Waals surface area contributed by atoms with Crippen LogP contribution in [0.4, 0.5) is 5.69 Å². The predicted molar refractivity (Wildman–Crippen MR) is 102 cm³/mol. The quantitative estimate of drug-likeness (QED) is 0.905. The highest BCUT2D eigenvalue weighted by Crippen LogP contribution is 2.37. The number of para-hydroxylation sites is 1. The van der Waals surface area contributed by atoms with Crippen molar-refractivity contribution >= 4 is 29.3 Å². The molecule has 2 amide bonds. The third-order valence-electron chi connectivity index (χ3n) is 4.65. The lowest BCUT2D eigenvalue weighted by atomic mass is 10.1. The summed E-state index contributed by atoms with van der Waals surface area (Å²) >= 11 is 1.58. The first-order chi connectivity index (χ1) is 12.7. The second-order valence-electron chi connectivity index (χ2n) is 6.36. The smallest absolute Gasteiger partial charge is 0.256 e. The van der Waals surface area contributed by atoms with Gasteiger partial charge in [-0.25, -0.2) is 0 Å². The second kappa shape index (κ2) is 7.51. The number of nitrogens with zero attached hydrogens (tertiary/aromatic N) is 1. The van der Waals surface area contributed by atoms with Crippen LogP contribution in [-0.2, 0) is 16.0 Å². The number of amides is 2. The fraction of sp³-hybridized carbons (Fsp3) is 0.300. The Morgan fingerprint density at radius 3 is 2.58 bits per heavy atom.